The average molecular weight is 207 g/mol. The molecule has 1 saturated carbocycles. The quantitative estimate of drug-likeness (QED) is 0.682. The molecule has 1 rings (SSSR count). The van der Waals surface area contributed by atoms with Crippen LogP contribution in [0.25, 0.3) is 0 Å². The summed E-state index contributed by atoms with van der Waals surface area (Å²) in [7, 11) is 0. The summed E-state index contributed by atoms with van der Waals surface area (Å²) in [4.78, 5) is 0. The van der Waals surface area contributed by atoms with Gasteiger partial charge in [-0.15, -0.1) is 12.3 Å². The summed E-state index contributed by atoms with van der Waals surface area (Å²) in [6, 6.07) is 1.21. The van der Waals surface area contributed by atoms with Crippen molar-refractivity contribution in [2.75, 3.05) is 0 Å². The fraction of sp³-hybridized carbons (Fsp3) is 0.857. The van der Waals surface area contributed by atoms with E-state index in [1.165, 1.54) is 38.5 Å². The molecule has 1 aliphatic rings. The highest BCUT2D eigenvalue weighted by atomic mass is 14.9. The van der Waals surface area contributed by atoms with Crippen LogP contribution in [0.15, 0.2) is 0 Å². The van der Waals surface area contributed by atoms with E-state index in [1.54, 1.807) is 0 Å². The zero-order chi connectivity index (χ0) is 11.1. The molecule has 86 valence electrons. The van der Waals surface area contributed by atoms with Crippen LogP contribution in [-0.2, 0) is 0 Å². The van der Waals surface area contributed by atoms with Crippen LogP contribution in [0.5, 0.6) is 0 Å². The van der Waals surface area contributed by atoms with Crippen LogP contribution in [-0.4, -0.2) is 12.1 Å². The lowest BCUT2D eigenvalue weighted by atomic mass is 9.83. The predicted octanol–water partition coefficient (Wildman–Crippen LogP) is 3.35. The van der Waals surface area contributed by atoms with E-state index in [2.05, 4.69) is 25.1 Å². The molecule has 15 heavy (non-hydrogen) atoms. The Kier molecular flexibility index (Phi) is 5.79. The summed E-state index contributed by atoms with van der Waals surface area (Å²) >= 11 is 0. The molecular weight excluding hydrogens is 182 g/mol. The van der Waals surface area contributed by atoms with Crippen molar-refractivity contribution < 1.29 is 0 Å². The molecule has 0 aromatic carbocycles. The highest BCUT2D eigenvalue weighted by Gasteiger charge is 2.20. The number of nitrogens with one attached hydrogen (secondary N) is 1. The van der Waals surface area contributed by atoms with E-state index in [0.29, 0.717) is 6.04 Å². The maximum atomic E-state index is 5.31. The maximum Gasteiger partial charge on any atom is 0.0238 e. The molecule has 0 bridgehead atoms. The second-order valence-corrected chi connectivity index (χ2v) is 4.98. The number of rotatable bonds is 5. The second kappa shape index (κ2) is 6.90. The van der Waals surface area contributed by atoms with Gasteiger partial charge in [-0.25, -0.2) is 0 Å². The van der Waals surface area contributed by atoms with Crippen LogP contribution < -0.4 is 5.32 Å². The Morgan fingerprint density at radius 2 is 2.00 bits per heavy atom. The summed E-state index contributed by atoms with van der Waals surface area (Å²) in [5.74, 6) is 3.72. The number of hydrogen-bond donors (Lipinski definition) is 1. The maximum absolute atomic E-state index is 5.31. The van der Waals surface area contributed by atoms with Gasteiger partial charge in [0.1, 0.15) is 0 Å². The smallest absolute Gasteiger partial charge is 0.0238 e. The third-order valence-electron chi connectivity index (χ3n) is 3.49. The van der Waals surface area contributed by atoms with Gasteiger partial charge in [-0.1, -0.05) is 19.8 Å². The molecule has 1 N–H and O–H groups in total. The summed E-state index contributed by atoms with van der Waals surface area (Å²) in [5.41, 5.74) is 0. The van der Waals surface area contributed by atoms with Crippen molar-refractivity contribution in [3.63, 3.8) is 0 Å². The molecule has 1 atom stereocenters. The zero-order valence-electron chi connectivity index (χ0n) is 10.3. The van der Waals surface area contributed by atoms with Crippen molar-refractivity contribution in [1.82, 2.24) is 5.32 Å². The third kappa shape index (κ3) is 4.71. The van der Waals surface area contributed by atoms with Gasteiger partial charge in [-0.05, 0) is 38.5 Å². The summed E-state index contributed by atoms with van der Waals surface area (Å²) in [5, 5.41) is 3.64. The van der Waals surface area contributed by atoms with E-state index in [9.17, 15) is 0 Å². The highest BCUT2D eigenvalue weighted by molar-refractivity contribution is 4.89. The molecule has 1 nitrogen and oxygen atoms in total. The summed E-state index contributed by atoms with van der Waals surface area (Å²) < 4.78 is 0. The average Bonchev–Trinajstić information content (AvgIpc) is 2.22. The van der Waals surface area contributed by atoms with E-state index in [0.717, 1.165) is 18.4 Å². The third-order valence-corrected chi connectivity index (χ3v) is 3.49. The van der Waals surface area contributed by atoms with Crippen LogP contribution in [0.4, 0.5) is 0 Å². The van der Waals surface area contributed by atoms with Gasteiger partial charge < -0.3 is 5.32 Å². The van der Waals surface area contributed by atoms with Crippen molar-refractivity contribution >= 4 is 0 Å². The monoisotopic (exact) mass is 207 g/mol. The van der Waals surface area contributed by atoms with Crippen molar-refractivity contribution in [3.8, 4) is 12.3 Å². The lowest BCUT2D eigenvalue weighted by molar-refractivity contribution is 0.266. The minimum Gasteiger partial charge on any atom is -0.311 e. The largest absolute Gasteiger partial charge is 0.311 e. The van der Waals surface area contributed by atoms with E-state index in [-0.39, 0.29) is 0 Å². The van der Waals surface area contributed by atoms with Crippen LogP contribution in [0.3, 0.4) is 0 Å². The Morgan fingerprint density at radius 1 is 1.33 bits per heavy atom. The first kappa shape index (κ1) is 12.6. The first-order valence-electron chi connectivity index (χ1n) is 6.45. The molecular formula is C14H25N. The fourth-order valence-electron chi connectivity index (χ4n) is 2.66. The molecule has 0 spiro atoms. The van der Waals surface area contributed by atoms with Gasteiger partial charge in [-0.2, -0.15) is 0 Å². The Balaban J connectivity index is 2.17. The molecule has 0 aromatic rings. The molecule has 1 unspecified atom stereocenters. The zero-order valence-corrected chi connectivity index (χ0v) is 10.3. The molecule has 1 fully saturated rings. The van der Waals surface area contributed by atoms with Gasteiger partial charge in [0.25, 0.3) is 0 Å². The topological polar surface area (TPSA) is 12.0 Å². The Hall–Kier alpha value is -0.480. The van der Waals surface area contributed by atoms with Gasteiger partial charge in [0, 0.05) is 18.5 Å². The molecule has 0 heterocycles. The van der Waals surface area contributed by atoms with Crippen molar-refractivity contribution in [2.45, 2.75) is 70.9 Å². The minimum absolute atomic E-state index is 0.489. The molecule has 1 heteroatoms. The fourth-order valence-corrected chi connectivity index (χ4v) is 2.66. The van der Waals surface area contributed by atoms with Gasteiger partial charge >= 0.3 is 0 Å². The first-order chi connectivity index (χ1) is 7.26. The standard InChI is InChI=1S/C14H25N/c1-4-6-12(3)15-14-10-8-13(7-5-2)9-11-14/h1,12-15H,5-11H2,2-3H3. The molecule has 0 radical (unpaired) electrons. The van der Waals surface area contributed by atoms with E-state index < -0.39 is 0 Å². The van der Waals surface area contributed by atoms with E-state index in [1.807, 2.05) is 0 Å². The van der Waals surface area contributed by atoms with Gasteiger partial charge in [0.2, 0.25) is 0 Å². The minimum atomic E-state index is 0.489. The van der Waals surface area contributed by atoms with Gasteiger partial charge in [-0.3, -0.25) is 0 Å². The summed E-state index contributed by atoms with van der Waals surface area (Å²) in [6.07, 6.45) is 14.4. The van der Waals surface area contributed by atoms with Crippen LogP contribution >= 0.6 is 0 Å². The summed E-state index contributed by atoms with van der Waals surface area (Å²) in [6.45, 7) is 4.48. The lowest BCUT2D eigenvalue weighted by Gasteiger charge is -2.30. The van der Waals surface area contributed by atoms with Crippen LogP contribution in [0.1, 0.15) is 58.8 Å². The first-order valence-corrected chi connectivity index (χ1v) is 6.45. The number of hydrogen-bond acceptors (Lipinski definition) is 1. The Labute approximate surface area is 95.0 Å². The Bertz CT molecular complexity index is 196. The van der Waals surface area contributed by atoms with Crippen LogP contribution in [0.2, 0.25) is 0 Å². The molecule has 0 aliphatic heterocycles. The Morgan fingerprint density at radius 3 is 2.53 bits per heavy atom. The van der Waals surface area contributed by atoms with Crippen molar-refractivity contribution in [3.05, 3.63) is 0 Å². The van der Waals surface area contributed by atoms with Gasteiger partial charge in [0.05, 0.1) is 0 Å². The number of terminal acetylenes is 1. The van der Waals surface area contributed by atoms with Crippen LogP contribution in [0, 0.1) is 18.3 Å². The van der Waals surface area contributed by atoms with E-state index in [4.69, 9.17) is 6.42 Å². The second-order valence-electron chi connectivity index (χ2n) is 4.98. The molecule has 0 saturated heterocycles. The van der Waals surface area contributed by atoms with Gasteiger partial charge in [0.15, 0.2) is 0 Å². The normalized spacial score (nSPS) is 28.3. The highest BCUT2D eigenvalue weighted by Crippen LogP contribution is 2.27. The van der Waals surface area contributed by atoms with E-state index >= 15 is 0 Å². The lowest BCUT2D eigenvalue weighted by Crippen LogP contribution is -2.38. The van der Waals surface area contributed by atoms with Crippen molar-refractivity contribution in [1.29, 1.82) is 0 Å². The molecule has 1 aliphatic carbocycles. The SMILES string of the molecule is C#CCC(C)NC1CCC(CCC)CC1. The predicted molar refractivity (Wildman–Crippen MR) is 66.7 cm³/mol. The van der Waals surface area contributed by atoms with Crippen molar-refractivity contribution in [2.24, 2.45) is 5.92 Å². The molecule has 0 amide bonds. The molecule has 0 aromatic heterocycles.